The van der Waals surface area contributed by atoms with E-state index in [0.717, 1.165) is 28.9 Å². The van der Waals surface area contributed by atoms with Crippen LogP contribution in [0.2, 0.25) is 0 Å². The van der Waals surface area contributed by atoms with Gasteiger partial charge in [0.2, 0.25) is 11.8 Å². The third-order valence-electron chi connectivity index (χ3n) is 3.80. The second-order valence-corrected chi connectivity index (χ2v) is 5.63. The van der Waals surface area contributed by atoms with Gasteiger partial charge in [-0.3, -0.25) is 4.79 Å². The number of nitrogens with one attached hydrogen (secondary N) is 1. The maximum atomic E-state index is 12.0. The number of amides is 1. The zero-order valence-electron chi connectivity index (χ0n) is 11.9. The number of aromatic nitrogens is 1. The van der Waals surface area contributed by atoms with Crippen molar-refractivity contribution in [1.82, 2.24) is 4.98 Å². The van der Waals surface area contributed by atoms with Crippen LogP contribution in [0, 0.1) is 25.7 Å². The summed E-state index contributed by atoms with van der Waals surface area (Å²) in [7, 11) is 0. The molecule has 1 N–H and O–H groups in total. The number of hydrogen-bond acceptors (Lipinski definition) is 3. The van der Waals surface area contributed by atoms with E-state index in [1.165, 1.54) is 0 Å². The van der Waals surface area contributed by atoms with E-state index in [-0.39, 0.29) is 11.8 Å². The molecule has 0 unspecified atom stereocenters. The lowest BCUT2D eigenvalue weighted by molar-refractivity contribution is -0.117. The number of aryl methyl sites for hydroxylation is 2. The fourth-order valence-corrected chi connectivity index (χ4v) is 2.33. The molecule has 2 atom stereocenters. The van der Waals surface area contributed by atoms with Gasteiger partial charge in [-0.2, -0.15) is 0 Å². The Balaban J connectivity index is 1.85. The summed E-state index contributed by atoms with van der Waals surface area (Å²) in [5.74, 6) is 1.38. The summed E-state index contributed by atoms with van der Waals surface area (Å²) in [6.45, 7) is 5.99. The molecule has 1 aliphatic rings. The van der Waals surface area contributed by atoms with Crippen LogP contribution in [-0.4, -0.2) is 10.9 Å². The second-order valence-electron chi connectivity index (χ2n) is 5.63. The van der Waals surface area contributed by atoms with Gasteiger partial charge in [0, 0.05) is 17.2 Å². The fraction of sp³-hybridized carbons (Fsp3) is 0.375. The number of hydrogen-bond donors (Lipinski definition) is 1. The molecular weight excluding hydrogens is 252 g/mol. The molecule has 0 spiro atoms. The van der Waals surface area contributed by atoms with Crippen LogP contribution >= 0.6 is 0 Å². The van der Waals surface area contributed by atoms with E-state index < -0.39 is 0 Å². The molecule has 0 aliphatic heterocycles. The van der Waals surface area contributed by atoms with Crippen molar-refractivity contribution in [3.8, 4) is 11.5 Å². The average Bonchev–Trinajstić information content (AvgIpc) is 2.99. The lowest BCUT2D eigenvalue weighted by Crippen LogP contribution is -2.14. The van der Waals surface area contributed by atoms with Gasteiger partial charge in [0.15, 0.2) is 0 Å². The van der Waals surface area contributed by atoms with Gasteiger partial charge in [-0.15, -0.1) is 0 Å². The van der Waals surface area contributed by atoms with E-state index >= 15 is 0 Å². The predicted molar refractivity (Wildman–Crippen MR) is 77.3 cm³/mol. The molecule has 1 heterocycles. The maximum absolute atomic E-state index is 12.0. The standard InChI is InChI=1S/C16H18N2O2/c1-9-4-5-12(18-15(19)13-6-10(13)2)7-14(9)16-17-11(3)8-20-16/h4-5,7-8,10,13H,6H2,1-3H3,(H,18,19)/t10-,13+/m0/s1. The molecule has 1 aliphatic carbocycles. The highest BCUT2D eigenvalue weighted by Crippen LogP contribution is 2.38. The van der Waals surface area contributed by atoms with Crippen molar-refractivity contribution in [2.75, 3.05) is 5.32 Å². The van der Waals surface area contributed by atoms with E-state index in [1.807, 2.05) is 32.0 Å². The molecule has 4 nitrogen and oxygen atoms in total. The summed E-state index contributed by atoms with van der Waals surface area (Å²) in [5.41, 5.74) is 3.63. The molecule has 1 aromatic heterocycles. The SMILES string of the molecule is Cc1coc(-c2cc(NC(=O)[C@@H]3C[C@@H]3C)ccc2C)n1. The first kappa shape index (κ1) is 12.9. The number of anilines is 1. The Morgan fingerprint density at radius 3 is 2.75 bits per heavy atom. The molecule has 1 amide bonds. The Morgan fingerprint density at radius 2 is 2.15 bits per heavy atom. The third kappa shape index (κ3) is 2.46. The Morgan fingerprint density at radius 1 is 1.40 bits per heavy atom. The van der Waals surface area contributed by atoms with Crippen LogP contribution in [0.4, 0.5) is 5.69 Å². The van der Waals surface area contributed by atoms with Crippen LogP contribution in [-0.2, 0) is 4.79 Å². The minimum absolute atomic E-state index is 0.107. The van der Waals surface area contributed by atoms with Crippen molar-refractivity contribution >= 4 is 11.6 Å². The molecule has 1 fully saturated rings. The molecule has 0 radical (unpaired) electrons. The van der Waals surface area contributed by atoms with E-state index in [1.54, 1.807) is 6.26 Å². The number of rotatable bonds is 3. The molecule has 4 heteroatoms. The predicted octanol–water partition coefficient (Wildman–Crippen LogP) is 3.55. The molecular formula is C16H18N2O2. The van der Waals surface area contributed by atoms with Gasteiger partial charge in [-0.05, 0) is 43.9 Å². The molecule has 104 valence electrons. The summed E-state index contributed by atoms with van der Waals surface area (Å²) in [4.78, 5) is 16.3. The van der Waals surface area contributed by atoms with Crippen molar-refractivity contribution in [2.24, 2.45) is 11.8 Å². The normalized spacial score (nSPS) is 20.8. The van der Waals surface area contributed by atoms with E-state index in [9.17, 15) is 4.79 Å². The zero-order valence-corrected chi connectivity index (χ0v) is 11.9. The van der Waals surface area contributed by atoms with E-state index in [2.05, 4.69) is 17.2 Å². The Bertz CT molecular complexity index is 660. The van der Waals surface area contributed by atoms with Crippen molar-refractivity contribution in [3.63, 3.8) is 0 Å². The highest BCUT2D eigenvalue weighted by Gasteiger charge is 2.39. The molecule has 0 bridgehead atoms. The molecule has 1 saturated carbocycles. The average molecular weight is 270 g/mol. The summed E-state index contributed by atoms with van der Waals surface area (Å²) >= 11 is 0. The molecule has 3 rings (SSSR count). The Kier molecular flexibility index (Phi) is 3.08. The van der Waals surface area contributed by atoms with Crippen molar-refractivity contribution in [1.29, 1.82) is 0 Å². The first-order valence-corrected chi connectivity index (χ1v) is 6.88. The maximum Gasteiger partial charge on any atom is 0.227 e. The van der Waals surface area contributed by atoms with Gasteiger partial charge < -0.3 is 9.73 Å². The summed E-state index contributed by atoms with van der Waals surface area (Å²) in [6.07, 6.45) is 2.62. The first-order valence-electron chi connectivity index (χ1n) is 6.88. The zero-order chi connectivity index (χ0) is 14.3. The lowest BCUT2D eigenvalue weighted by Gasteiger charge is -2.08. The minimum Gasteiger partial charge on any atom is -0.444 e. The highest BCUT2D eigenvalue weighted by atomic mass is 16.3. The van der Waals surface area contributed by atoms with Gasteiger partial charge in [0.05, 0.1) is 5.69 Å². The quantitative estimate of drug-likeness (QED) is 0.927. The number of carbonyl (C=O) groups excluding carboxylic acids is 1. The summed E-state index contributed by atoms with van der Waals surface area (Å²) in [6, 6.07) is 5.81. The summed E-state index contributed by atoms with van der Waals surface area (Å²) < 4.78 is 5.44. The van der Waals surface area contributed by atoms with Crippen molar-refractivity contribution in [3.05, 3.63) is 35.7 Å². The first-order chi connectivity index (χ1) is 9.54. The minimum atomic E-state index is 0.107. The summed E-state index contributed by atoms with van der Waals surface area (Å²) in [5, 5.41) is 2.97. The highest BCUT2D eigenvalue weighted by molar-refractivity contribution is 5.95. The van der Waals surface area contributed by atoms with Gasteiger partial charge in [0.1, 0.15) is 6.26 Å². The lowest BCUT2D eigenvalue weighted by atomic mass is 10.1. The van der Waals surface area contributed by atoms with E-state index in [4.69, 9.17) is 4.42 Å². The van der Waals surface area contributed by atoms with Crippen molar-refractivity contribution < 1.29 is 9.21 Å². The van der Waals surface area contributed by atoms with Gasteiger partial charge in [-0.25, -0.2) is 4.98 Å². The molecule has 0 saturated heterocycles. The number of oxazole rings is 1. The topological polar surface area (TPSA) is 55.1 Å². The fourth-order valence-electron chi connectivity index (χ4n) is 2.33. The number of carbonyl (C=O) groups is 1. The van der Waals surface area contributed by atoms with Crippen LogP contribution in [0.25, 0.3) is 11.5 Å². The third-order valence-corrected chi connectivity index (χ3v) is 3.80. The van der Waals surface area contributed by atoms with Gasteiger partial charge >= 0.3 is 0 Å². The molecule has 2 aromatic rings. The number of nitrogens with zero attached hydrogens (tertiary/aromatic N) is 1. The van der Waals surface area contributed by atoms with Gasteiger partial charge in [-0.1, -0.05) is 13.0 Å². The smallest absolute Gasteiger partial charge is 0.227 e. The largest absolute Gasteiger partial charge is 0.444 e. The van der Waals surface area contributed by atoms with Crippen LogP contribution in [0.5, 0.6) is 0 Å². The van der Waals surface area contributed by atoms with Crippen LogP contribution < -0.4 is 5.32 Å². The van der Waals surface area contributed by atoms with Crippen LogP contribution in [0.1, 0.15) is 24.6 Å². The Hall–Kier alpha value is -2.10. The molecule has 1 aromatic carbocycles. The number of benzene rings is 1. The Labute approximate surface area is 118 Å². The van der Waals surface area contributed by atoms with Crippen LogP contribution in [0.15, 0.2) is 28.9 Å². The van der Waals surface area contributed by atoms with Crippen LogP contribution in [0.3, 0.4) is 0 Å². The molecule has 20 heavy (non-hydrogen) atoms. The monoisotopic (exact) mass is 270 g/mol. The van der Waals surface area contributed by atoms with E-state index in [0.29, 0.717) is 11.8 Å². The van der Waals surface area contributed by atoms with Gasteiger partial charge in [0.25, 0.3) is 0 Å². The second kappa shape index (κ2) is 4.78. The van der Waals surface area contributed by atoms with Crippen molar-refractivity contribution in [2.45, 2.75) is 27.2 Å².